The van der Waals surface area contributed by atoms with Crippen LogP contribution in [-0.2, 0) is 0 Å². The monoisotopic (exact) mass is 98.0 g/mol. The van der Waals surface area contributed by atoms with E-state index in [-0.39, 0.29) is 0 Å². The molecule has 0 amide bonds. The fraction of sp³-hybridized carbons (Fsp3) is 0. The van der Waals surface area contributed by atoms with Gasteiger partial charge in [0.2, 0.25) is 0 Å². The molecule has 4 nitrogen and oxygen atoms in total. The summed E-state index contributed by atoms with van der Waals surface area (Å²) in [7, 11) is 0. The average molecular weight is 98.1 g/mol. The van der Waals surface area contributed by atoms with Gasteiger partial charge in [-0.1, -0.05) is 0 Å². The number of hydrogen-bond acceptors (Lipinski definition) is 2. The lowest BCUT2D eigenvalue weighted by molar-refractivity contribution is -0.565. The third-order valence-corrected chi connectivity index (χ3v) is 0.548. The van der Waals surface area contributed by atoms with Gasteiger partial charge in [0.1, 0.15) is 6.20 Å². The molecule has 0 bridgehead atoms. The van der Waals surface area contributed by atoms with Gasteiger partial charge in [-0.25, -0.2) is 4.98 Å². The first kappa shape index (κ1) is 3.98. The Morgan fingerprint density at radius 2 is 2.57 bits per heavy atom. The van der Waals surface area contributed by atoms with Crippen molar-refractivity contribution in [1.29, 1.82) is 0 Å². The van der Waals surface area contributed by atoms with Crippen LogP contribution in [0.5, 0.6) is 0 Å². The minimum Gasteiger partial charge on any atom is -0.235 e. The maximum Gasteiger partial charge on any atom is 0.275 e. The van der Waals surface area contributed by atoms with E-state index in [2.05, 4.69) is 10.1 Å². The first-order chi connectivity index (χ1) is 3.39. The van der Waals surface area contributed by atoms with Crippen LogP contribution in [0.1, 0.15) is 0 Å². The number of nitrogens with one attached hydrogen (secondary N) is 1. The third kappa shape index (κ3) is 0.819. The number of nitrogens with zero attached hydrogens (tertiary/aromatic N) is 2. The number of aromatic amines is 1. The van der Waals surface area contributed by atoms with Crippen molar-refractivity contribution < 1.29 is 4.54 Å². The normalized spacial score (nSPS) is 8.57. The molecule has 0 spiro atoms. The fourth-order valence-electron chi connectivity index (χ4n) is 0.275. The number of hydrogen-bond donors (Lipinski definition) is 1. The van der Waals surface area contributed by atoms with Crippen LogP contribution in [0.4, 0.5) is 0 Å². The molecule has 1 N–H and O–H groups in total. The minimum absolute atomic E-state index is 0.562. The summed E-state index contributed by atoms with van der Waals surface area (Å²) in [6.45, 7) is 0. The molecule has 0 aliphatic rings. The molecule has 0 fully saturated rings. The Balaban J connectivity index is 3.28. The van der Waals surface area contributed by atoms with Crippen molar-refractivity contribution in [2.45, 2.75) is 0 Å². The van der Waals surface area contributed by atoms with Gasteiger partial charge in [0.25, 0.3) is 6.20 Å². The van der Waals surface area contributed by atoms with Gasteiger partial charge in [-0.3, -0.25) is 0 Å². The van der Waals surface area contributed by atoms with Gasteiger partial charge in [0.15, 0.2) is 10.9 Å². The Bertz CT molecular complexity index is 176. The highest BCUT2D eigenvalue weighted by Crippen LogP contribution is 1.54. The van der Waals surface area contributed by atoms with Gasteiger partial charge in [0.05, 0.1) is 4.91 Å². The molecule has 1 aromatic rings. The van der Waals surface area contributed by atoms with E-state index in [9.17, 15) is 4.91 Å². The zero-order chi connectivity index (χ0) is 5.11. The predicted octanol–water partition coefficient (Wildman–Crippen LogP) is -0.676. The SMILES string of the molecule is O=[n+]1ccnc[nH]1. The molecule has 7 heavy (non-hydrogen) atoms. The maximum absolute atomic E-state index is 10.1. The standard InChI is InChI=1S/C3H4N3O/c7-6-2-1-4-3-5-6/h1-3H,(H,4,5,7)/q+1. The molecule has 0 saturated heterocycles. The molecule has 0 aromatic carbocycles. The highest BCUT2D eigenvalue weighted by atomic mass is 16.3. The topological polar surface area (TPSA) is 51.6 Å². The van der Waals surface area contributed by atoms with Gasteiger partial charge < -0.3 is 0 Å². The zero-order valence-electron chi connectivity index (χ0n) is 3.53. The van der Waals surface area contributed by atoms with Gasteiger partial charge in [-0.15, -0.1) is 5.10 Å². The molecular formula is C3H4N3O+. The summed E-state index contributed by atoms with van der Waals surface area (Å²) in [5.41, 5.74) is 0. The van der Waals surface area contributed by atoms with Crippen molar-refractivity contribution in [3.63, 3.8) is 0 Å². The van der Waals surface area contributed by atoms with Crippen LogP contribution in [0, 0.1) is 4.91 Å². The smallest absolute Gasteiger partial charge is 0.235 e. The van der Waals surface area contributed by atoms with Crippen molar-refractivity contribution in [2.24, 2.45) is 0 Å². The Kier molecular flexibility index (Phi) is 0.856. The number of rotatable bonds is 0. The maximum atomic E-state index is 10.1. The molecule has 0 unspecified atom stereocenters. The van der Waals surface area contributed by atoms with Crippen LogP contribution in [0.2, 0.25) is 0 Å². The van der Waals surface area contributed by atoms with E-state index in [0.717, 1.165) is 0 Å². The lowest BCUT2D eigenvalue weighted by Gasteiger charge is -1.64. The average Bonchev–Trinajstić information content (AvgIpc) is 1.69. The van der Waals surface area contributed by atoms with Gasteiger partial charge in [-0.05, 0) is 0 Å². The molecule has 36 valence electrons. The summed E-state index contributed by atoms with van der Waals surface area (Å²) in [6, 6.07) is 0. The van der Waals surface area contributed by atoms with Crippen molar-refractivity contribution in [2.75, 3.05) is 0 Å². The van der Waals surface area contributed by atoms with Crippen LogP contribution in [-0.4, -0.2) is 10.1 Å². The third-order valence-electron chi connectivity index (χ3n) is 0.548. The number of H-pyrrole nitrogens is 1. The number of aromatic nitrogens is 3. The Hall–Kier alpha value is -1.19. The van der Waals surface area contributed by atoms with Crippen molar-refractivity contribution >= 4 is 0 Å². The molecular weight excluding hydrogens is 94.1 g/mol. The summed E-state index contributed by atoms with van der Waals surface area (Å²) >= 11 is 0. The summed E-state index contributed by atoms with van der Waals surface area (Å²) in [4.78, 5) is 13.7. The van der Waals surface area contributed by atoms with E-state index in [0.29, 0.717) is 4.54 Å². The molecule has 4 heteroatoms. The quantitative estimate of drug-likeness (QED) is 0.437. The van der Waals surface area contributed by atoms with Crippen LogP contribution >= 0.6 is 0 Å². The lowest BCUT2D eigenvalue weighted by Crippen LogP contribution is -2.16. The molecule has 1 aromatic heterocycles. The molecule has 0 radical (unpaired) electrons. The highest BCUT2D eigenvalue weighted by Gasteiger charge is 1.78. The lowest BCUT2D eigenvalue weighted by atomic mass is 10.9. The van der Waals surface area contributed by atoms with Gasteiger partial charge >= 0.3 is 0 Å². The largest absolute Gasteiger partial charge is 0.275 e. The van der Waals surface area contributed by atoms with Crippen LogP contribution in [0.25, 0.3) is 0 Å². The zero-order valence-corrected chi connectivity index (χ0v) is 3.53. The molecule has 0 aliphatic carbocycles. The first-order valence-corrected chi connectivity index (χ1v) is 1.80. The molecule has 0 aliphatic heterocycles. The Labute approximate surface area is 39.4 Å². The van der Waals surface area contributed by atoms with Gasteiger partial charge in [0, 0.05) is 0 Å². The first-order valence-electron chi connectivity index (χ1n) is 1.80. The van der Waals surface area contributed by atoms with Crippen molar-refractivity contribution in [1.82, 2.24) is 10.1 Å². The summed E-state index contributed by atoms with van der Waals surface area (Å²) in [5, 5.41) is 2.28. The Morgan fingerprint density at radius 1 is 1.71 bits per heavy atom. The second kappa shape index (κ2) is 1.51. The van der Waals surface area contributed by atoms with E-state index in [1.54, 1.807) is 0 Å². The molecule has 0 saturated carbocycles. The van der Waals surface area contributed by atoms with Crippen LogP contribution < -0.4 is 4.54 Å². The van der Waals surface area contributed by atoms with E-state index >= 15 is 0 Å². The van der Waals surface area contributed by atoms with E-state index < -0.39 is 0 Å². The Morgan fingerprint density at radius 3 is 2.86 bits per heavy atom. The second-order valence-electron chi connectivity index (χ2n) is 1.03. The summed E-state index contributed by atoms with van der Waals surface area (Å²) in [5.74, 6) is 0. The minimum atomic E-state index is 0.562. The molecule has 1 rings (SSSR count). The van der Waals surface area contributed by atoms with E-state index in [1.807, 2.05) is 0 Å². The van der Waals surface area contributed by atoms with E-state index in [1.165, 1.54) is 18.7 Å². The van der Waals surface area contributed by atoms with Gasteiger partial charge in [-0.2, -0.15) is 0 Å². The van der Waals surface area contributed by atoms with Crippen LogP contribution in [0.3, 0.4) is 0 Å². The predicted molar refractivity (Wildman–Crippen MR) is 22.0 cm³/mol. The van der Waals surface area contributed by atoms with E-state index in [4.69, 9.17) is 0 Å². The highest BCUT2D eigenvalue weighted by molar-refractivity contribution is 4.52. The van der Waals surface area contributed by atoms with Crippen molar-refractivity contribution in [3.8, 4) is 0 Å². The molecule has 0 atom stereocenters. The fourth-order valence-corrected chi connectivity index (χ4v) is 0.275. The second-order valence-corrected chi connectivity index (χ2v) is 1.03. The molecule has 1 heterocycles. The van der Waals surface area contributed by atoms with Crippen LogP contribution in [0.15, 0.2) is 18.7 Å². The summed E-state index contributed by atoms with van der Waals surface area (Å²) in [6.07, 6.45) is 4.00. The van der Waals surface area contributed by atoms with Crippen molar-refractivity contribution in [3.05, 3.63) is 23.6 Å². The summed E-state index contributed by atoms with van der Waals surface area (Å²) < 4.78 is 0.562.